The van der Waals surface area contributed by atoms with E-state index in [0.29, 0.717) is 29.0 Å². The van der Waals surface area contributed by atoms with E-state index in [1.54, 1.807) is 11.0 Å². The van der Waals surface area contributed by atoms with Gasteiger partial charge in [0.05, 0.1) is 13.7 Å². The van der Waals surface area contributed by atoms with E-state index in [9.17, 15) is 13.2 Å². The summed E-state index contributed by atoms with van der Waals surface area (Å²) in [6.07, 6.45) is 0. The third kappa shape index (κ3) is 4.77. The highest BCUT2D eigenvalue weighted by Gasteiger charge is 2.34. The maximum absolute atomic E-state index is 13.5. The Kier molecular flexibility index (Phi) is 7.47. The third-order valence-electron chi connectivity index (χ3n) is 4.87. The summed E-state index contributed by atoms with van der Waals surface area (Å²) in [5.41, 5.74) is 0.876. The monoisotopic (exact) mass is 477 g/mol. The van der Waals surface area contributed by atoms with Crippen LogP contribution in [0.3, 0.4) is 0 Å². The molecule has 1 fully saturated rings. The number of nitrogens with zero attached hydrogens (tertiary/aromatic N) is 3. The lowest BCUT2D eigenvalue weighted by molar-refractivity contribution is 0.0828. The van der Waals surface area contributed by atoms with Crippen LogP contribution in [0.5, 0.6) is 11.5 Å². The molecule has 0 aliphatic carbocycles. The molecule has 0 aromatic heterocycles. The van der Waals surface area contributed by atoms with Crippen molar-refractivity contribution in [3.05, 3.63) is 48.0 Å². The Balaban J connectivity index is 2.03. The highest BCUT2D eigenvalue weighted by molar-refractivity contribution is 8.14. The number of amidine groups is 1. The van der Waals surface area contributed by atoms with Crippen molar-refractivity contribution in [3.8, 4) is 11.5 Å². The summed E-state index contributed by atoms with van der Waals surface area (Å²) in [7, 11) is 0.460. The standard InChI is InChI=1S/C22H27N3O5S2/c1-6-30-18-10-8-7-9-17(18)23-22-25(15(2)14-31-22)21(26)16-11-12-19(29-5)20(13-16)32(27,28)24(3)4/h7-13,15H,6,14H2,1-5H3. The number of rotatable bonds is 7. The van der Waals surface area contributed by atoms with Crippen LogP contribution in [0, 0.1) is 0 Å². The highest BCUT2D eigenvalue weighted by atomic mass is 32.2. The topological polar surface area (TPSA) is 88.5 Å². The molecule has 8 nitrogen and oxygen atoms in total. The van der Waals surface area contributed by atoms with Gasteiger partial charge in [-0.3, -0.25) is 9.69 Å². The molecule has 1 aliphatic rings. The van der Waals surface area contributed by atoms with Crippen molar-refractivity contribution in [1.82, 2.24) is 9.21 Å². The van der Waals surface area contributed by atoms with Crippen LogP contribution in [-0.2, 0) is 10.0 Å². The molecule has 10 heteroatoms. The van der Waals surface area contributed by atoms with Crippen molar-refractivity contribution in [3.63, 3.8) is 0 Å². The third-order valence-corrected chi connectivity index (χ3v) is 7.90. The molecular weight excluding hydrogens is 450 g/mol. The summed E-state index contributed by atoms with van der Waals surface area (Å²) >= 11 is 1.47. The molecule has 0 spiro atoms. The van der Waals surface area contributed by atoms with E-state index in [1.165, 1.54) is 45.1 Å². The summed E-state index contributed by atoms with van der Waals surface area (Å²) in [5.74, 6) is 1.17. The summed E-state index contributed by atoms with van der Waals surface area (Å²) in [6, 6.07) is 11.7. The van der Waals surface area contributed by atoms with Crippen LogP contribution in [-0.4, -0.2) is 68.3 Å². The average molecular weight is 478 g/mol. The number of thioether (sulfide) groups is 1. The summed E-state index contributed by atoms with van der Waals surface area (Å²) in [4.78, 5) is 19.7. The largest absolute Gasteiger partial charge is 0.495 e. The molecule has 2 aromatic carbocycles. The van der Waals surface area contributed by atoms with Crippen molar-refractivity contribution >= 4 is 38.5 Å². The maximum Gasteiger partial charge on any atom is 0.260 e. The van der Waals surface area contributed by atoms with Gasteiger partial charge in [-0.2, -0.15) is 0 Å². The SMILES string of the molecule is CCOc1ccccc1N=C1SCC(C)N1C(=O)c1ccc(OC)c(S(=O)(=O)N(C)C)c1. The van der Waals surface area contributed by atoms with Gasteiger partial charge in [-0.25, -0.2) is 17.7 Å². The van der Waals surface area contributed by atoms with Crippen LogP contribution in [0.15, 0.2) is 52.4 Å². The Labute approximate surface area is 193 Å². The van der Waals surface area contributed by atoms with Crippen LogP contribution in [0.25, 0.3) is 0 Å². The Morgan fingerprint density at radius 2 is 1.94 bits per heavy atom. The number of sulfonamides is 1. The van der Waals surface area contributed by atoms with E-state index in [4.69, 9.17) is 14.5 Å². The number of carbonyl (C=O) groups excluding carboxylic acids is 1. The molecule has 1 saturated heterocycles. The highest BCUT2D eigenvalue weighted by Crippen LogP contribution is 2.34. The van der Waals surface area contributed by atoms with Gasteiger partial charge in [0.2, 0.25) is 10.0 Å². The van der Waals surface area contributed by atoms with E-state index < -0.39 is 10.0 Å². The van der Waals surface area contributed by atoms with Gasteiger partial charge in [-0.05, 0) is 44.2 Å². The number of carbonyl (C=O) groups is 1. The number of methoxy groups -OCH3 is 1. The average Bonchev–Trinajstić information content (AvgIpc) is 3.14. The zero-order chi connectivity index (χ0) is 23.5. The molecule has 1 amide bonds. The van der Waals surface area contributed by atoms with Gasteiger partial charge in [0.25, 0.3) is 5.91 Å². The Hall–Kier alpha value is -2.56. The molecule has 2 aromatic rings. The summed E-state index contributed by atoms with van der Waals surface area (Å²) < 4.78 is 37.5. The molecule has 0 N–H and O–H groups in total. The lowest BCUT2D eigenvalue weighted by Crippen LogP contribution is -2.37. The van der Waals surface area contributed by atoms with E-state index in [1.807, 2.05) is 38.1 Å². The van der Waals surface area contributed by atoms with Gasteiger partial charge < -0.3 is 9.47 Å². The summed E-state index contributed by atoms with van der Waals surface area (Å²) in [5, 5.41) is 0.544. The minimum atomic E-state index is -3.80. The molecule has 32 heavy (non-hydrogen) atoms. The van der Waals surface area contributed by atoms with Gasteiger partial charge in [0.15, 0.2) is 5.17 Å². The first-order valence-electron chi connectivity index (χ1n) is 10.1. The Morgan fingerprint density at radius 1 is 1.22 bits per heavy atom. The van der Waals surface area contributed by atoms with Crippen molar-refractivity contribution in [1.29, 1.82) is 0 Å². The smallest absolute Gasteiger partial charge is 0.260 e. The first-order valence-corrected chi connectivity index (χ1v) is 12.5. The number of amides is 1. The molecule has 1 heterocycles. The fourth-order valence-corrected chi connectivity index (χ4v) is 5.36. The van der Waals surface area contributed by atoms with Gasteiger partial charge in [0.1, 0.15) is 22.1 Å². The van der Waals surface area contributed by atoms with E-state index in [2.05, 4.69) is 0 Å². The van der Waals surface area contributed by atoms with Crippen molar-refractivity contribution < 1.29 is 22.7 Å². The van der Waals surface area contributed by atoms with Crippen molar-refractivity contribution in [2.24, 2.45) is 4.99 Å². The molecular formula is C22H27N3O5S2. The minimum absolute atomic E-state index is 0.0597. The second-order valence-electron chi connectivity index (χ2n) is 7.28. The van der Waals surface area contributed by atoms with Crippen molar-refractivity contribution in [2.75, 3.05) is 33.6 Å². The number of benzene rings is 2. The summed E-state index contributed by atoms with van der Waals surface area (Å²) in [6.45, 7) is 4.33. The van der Waals surface area contributed by atoms with Crippen LogP contribution < -0.4 is 9.47 Å². The van der Waals surface area contributed by atoms with E-state index in [-0.39, 0.29) is 28.2 Å². The number of hydrogen-bond acceptors (Lipinski definition) is 7. The number of para-hydroxylation sites is 2. The van der Waals surface area contributed by atoms with Gasteiger partial charge in [0, 0.05) is 31.5 Å². The van der Waals surface area contributed by atoms with E-state index >= 15 is 0 Å². The first kappa shape index (κ1) is 24.1. The fraction of sp³-hybridized carbons (Fsp3) is 0.364. The van der Waals surface area contributed by atoms with Crippen LogP contribution >= 0.6 is 11.8 Å². The number of ether oxygens (including phenoxy) is 2. The number of aliphatic imine (C=N–C) groups is 1. The first-order chi connectivity index (χ1) is 15.2. The Morgan fingerprint density at radius 3 is 2.59 bits per heavy atom. The molecule has 0 saturated carbocycles. The molecule has 1 unspecified atom stereocenters. The zero-order valence-corrected chi connectivity index (χ0v) is 20.4. The molecule has 0 radical (unpaired) electrons. The van der Waals surface area contributed by atoms with Crippen LogP contribution in [0.1, 0.15) is 24.2 Å². The predicted molar refractivity (Wildman–Crippen MR) is 127 cm³/mol. The zero-order valence-electron chi connectivity index (χ0n) is 18.7. The van der Waals surface area contributed by atoms with Crippen molar-refractivity contribution in [2.45, 2.75) is 24.8 Å². The molecule has 1 atom stereocenters. The molecule has 172 valence electrons. The second-order valence-corrected chi connectivity index (χ2v) is 10.4. The predicted octanol–water partition coefficient (Wildman–Crippen LogP) is 3.61. The lowest BCUT2D eigenvalue weighted by atomic mass is 10.1. The number of hydrogen-bond donors (Lipinski definition) is 0. The normalized spacial score (nSPS) is 17.8. The van der Waals surface area contributed by atoms with Crippen LogP contribution in [0.2, 0.25) is 0 Å². The second kappa shape index (κ2) is 9.93. The molecule has 3 rings (SSSR count). The van der Waals surface area contributed by atoms with Crippen LogP contribution in [0.4, 0.5) is 5.69 Å². The lowest BCUT2D eigenvalue weighted by Gasteiger charge is -2.22. The van der Waals surface area contributed by atoms with Gasteiger partial charge in [-0.15, -0.1) is 0 Å². The van der Waals surface area contributed by atoms with Gasteiger partial charge >= 0.3 is 0 Å². The fourth-order valence-electron chi connectivity index (χ4n) is 3.18. The maximum atomic E-state index is 13.5. The molecule has 0 bridgehead atoms. The quantitative estimate of drug-likeness (QED) is 0.605. The minimum Gasteiger partial charge on any atom is -0.495 e. The molecule has 1 aliphatic heterocycles. The van der Waals surface area contributed by atoms with E-state index in [0.717, 1.165) is 4.31 Å². The Bertz CT molecular complexity index is 1130. The van der Waals surface area contributed by atoms with Gasteiger partial charge in [-0.1, -0.05) is 23.9 Å².